The van der Waals surface area contributed by atoms with Gasteiger partial charge in [-0.25, -0.2) is 4.98 Å². The highest BCUT2D eigenvalue weighted by Crippen LogP contribution is 2.38. The number of aryl methyl sites for hydroxylation is 1. The first-order valence-electron chi connectivity index (χ1n) is 8.60. The average molecular weight is 425 g/mol. The molecule has 2 aromatic heterocycles. The Hall–Kier alpha value is -2.87. The van der Waals surface area contributed by atoms with Gasteiger partial charge in [-0.1, -0.05) is 29.8 Å². The number of aromatic nitrogens is 2. The molecule has 2 heterocycles. The first kappa shape index (κ1) is 20.9. The van der Waals surface area contributed by atoms with Gasteiger partial charge in [-0.15, -0.1) is 0 Å². The molecule has 0 N–H and O–H groups in total. The average Bonchev–Trinajstić information content (AvgIpc) is 2.65. The monoisotopic (exact) mass is 424 g/mol. The van der Waals surface area contributed by atoms with E-state index in [0.29, 0.717) is 10.7 Å². The maximum absolute atomic E-state index is 13.4. The summed E-state index contributed by atoms with van der Waals surface area (Å²) in [6, 6.07) is 9.67. The summed E-state index contributed by atoms with van der Waals surface area (Å²) in [6.45, 7) is 1.42. The van der Waals surface area contributed by atoms with Crippen molar-refractivity contribution in [1.82, 2.24) is 9.38 Å². The Morgan fingerprint density at radius 3 is 2.55 bits per heavy atom. The fourth-order valence-corrected chi connectivity index (χ4v) is 2.96. The third kappa shape index (κ3) is 5.14. The van der Waals surface area contributed by atoms with Gasteiger partial charge >= 0.3 is 12.1 Å². The number of esters is 1. The van der Waals surface area contributed by atoms with Crippen molar-refractivity contribution in [3.8, 4) is 0 Å². The van der Waals surface area contributed by atoms with Crippen LogP contribution in [0.5, 0.6) is 0 Å². The first-order chi connectivity index (χ1) is 13.6. The molecule has 0 saturated heterocycles. The minimum absolute atomic E-state index is 0.0868. The summed E-state index contributed by atoms with van der Waals surface area (Å²) in [6.07, 6.45) is -3.91. The van der Waals surface area contributed by atoms with Crippen LogP contribution in [0.1, 0.15) is 29.2 Å². The zero-order chi connectivity index (χ0) is 21.2. The molecule has 29 heavy (non-hydrogen) atoms. The predicted molar refractivity (Wildman–Crippen MR) is 101 cm³/mol. The van der Waals surface area contributed by atoms with Crippen molar-refractivity contribution in [1.29, 1.82) is 0 Å². The van der Waals surface area contributed by atoms with E-state index in [1.54, 1.807) is 18.3 Å². The molecule has 1 atom stereocenters. The number of pyridine rings is 1. The number of ether oxygens (including phenoxy) is 1. The molecule has 1 aromatic carbocycles. The highest BCUT2D eigenvalue weighted by atomic mass is 35.5. The number of rotatable bonds is 5. The van der Waals surface area contributed by atoms with E-state index >= 15 is 0 Å². The molecule has 0 amide bonds. The van der Waals surface area contributed by atoms with Crippen LogP contribution in [0.3, 0.4) is 0 Å². The lowest BCUT2D eigenvalue weighted by Crippen LogP contribution is -2.24. The third-order valence-corrected chi connectivity index (χ3v) is 4.53. The number of hydrogen-bond acceptors (Lipinski definition) is 4. The summed E-state index contributed by atoms with van der Waals surface area (Å²) < 4.78 is 46.5. The van der Waals surface area contributed by atoms with Crippen molar-refractivity contribution in [3.63, 3.8) is 0 Å². The van der Waals surface area contributed by atoms with Gasteiger partial charge in [0, 0.05) is 17.3 Å². The largest absolute Gasteiger partial charge is 0.459 e. The van der Waals surface area contributed by atoms with Crippen LogP contribution < -0.4 is 5.56 Å². The molecular formula is C20H16ClF3N2O3. The van der Waals surface area contributed by atoms with E-state index < -0.39 is 31.1 Å². The molecule has 0 saturated carbocycles. The summed E-state index contributed by atoms with van der Waals surface area (Å²) in [4.78, 5) is 28.4. The summed E-state index contributed by atoms with van der Waals surface area (Å²) in [5.74, 6) is -3.07. The van der Waals surface area contributed by atoms with E-state index in [4.69, 9.17) is 16.3 Å². The Kier molecular flexibility index (Phi) is 5.93. The molecule has 3 rings (SSSR count). The minimum atomic E-state index is -4.63. The van der Waals surface area contributed by atoms with Gasteiger partial charge in [-0.3, -0.25) is 14.0 Å². The summed E-state index contributed by atoms with van der Waals surface area (Å²) in [5.41, 5.74) is 0.905. The van der Waals surface area contributed by atoms with E-state index in [2.05, 4.69) is 4.98 Å². The lowest BCUT2D eigenvalue weighted by Gasteiger charge is -2.20. The number of alkyl halides is 3. The molecule has 0 fully saturated rings. The number of fused-ring (bicyclic) bond motifs is 1. The SMILES string of the molecule is Cc1ccc2nc(COC(=O)CC(c3ccc(Cl)cc3)C(F)(F)F)cc(=O)n2c1. The minimum Gasteiger partial charge on any atom is -0.459 e. The second-order valence-corrected chi connectivity index (χ2v) is 6.97. The van der Waals surface area contributed by atoms with Gasteiger partial charge < -0.3 is 4.74 Å². The van der Waals surface area contributed by atoms with E-state index in [1.807, 2.05) is 6.92 Å². The molecule has 0 bridgehead atoms. The highest BCUT2D eigenvalue weighted by Gasteiger charge is 2.42. The number of carbonyl (C=O) groups is 1. The van der Waals surface area contributed by atoms with Gasteiger partial charge in [-0.05, 0) is 36.2 Å². The Bertz CT molecular complexity index is 1090. The van der Waals surface area contributed by atoms with Crippen molar-refractivity contribution in [3.05, 3.63) is 80.9 Å². The van der Waals surface area contributed by atoms with Crippen LogP contribution in [-0.4, -0.2) is 21.5 Å². The Morgan fingerprint density at radius 1 is 1.21 bits per heavy atom. The van der Waals surface area contributed by atoms with Crippen LogP contribution in [0.15, 0.2) is 53.5 Å². The van der Waals surface area contributed by atoms with Crippen molar-refractivity contribution >= 4 is 23.2 Å². The smallest absolute Gasteiger partial charge is 0.396 e. The van der Waals surface area contributed by atoms with Crippen molar-refractivity contribution in [2.75, 3.05) is 0 Å². The van der Waals surface area contributed by atoms with E-state index in [1.165, 1.54) is 34.7 Å². The van der Waals surface area contributed by atoms with Crippen molar-refractivity contribution in [2.24, 2.45) is 0 Å². The van der Waals surface area contributed by atoms with Crippen LogP contribution in [0.25, 0.3) is 5.65 Å². The summed E-state index contributed by atoms with van der Waals surface area (Å²) in [5, 5.41) is 0.293. The van der Waals surface area contributed by atoms with E-state index in [-0.39, 0.29) is 16.8 Å². The topological polar surface area (TPSA) is 60.7 Å². The number of nitrogens with zero attached hydrogens (tertiary/aromatic N) is 2. The zero-order valence-corrected chi connectivity index (χ0v) is 16.0. The molecule has 0 radical (unpaired) electrons. The standard InChI is InChI=1S/C20H16ClF3N2O3/c1-12-2-7-17-25-15(8-18(27)26(17)10-12)11-29-19(28)9-16(20(22,23)24)13-3-5-14(21)6-4-13/h2-8,10,16H,9,11H2,1H3. The van der Waals surface area contributed by atoms with Gasteiger partial charge in [-0.2, -0.15) is 13.2 Å². The van der Waals surface area contributed by atoms with Crippen molar-refractivity contribution in [2.45, 2.75) is 32.0 Å². The second-order valence-electron chi connectivity index (χ2n) is 6.53. The van der Waals surface area contributed by atoms with E-state index in [9.17, 15) is 22.8 Å². The molecule has 0 aliphatic rings. The number of carbonyl (C=O) groups excluding carboxylic acids is 1. The number of halogens is 4. The lowest BCUT2D eigenvalue weighted by molar-refractivity contribution is -0.167. The van der Waals surface area contributed by atoms with E-state index in [0.717, 1.165) is 5.56 Å². The summed E-state index contributed by atoms with van der Waals surface area (Å²) in [7, 11) is 0. The lowest BCUT2D eigenvalue weighted by atomic mass is 9.95. The molecule has 5 nitrogen and oxygen atoms in total. The van der Waals surface area contributed by atoms with Gasteiger partial charge in [0.1, 0.15) is 12.3 Å². The van der Waals surface area contributed by atoms with Crippen LogP contribution in [0, 0.1) is 6.92 Å². The van der Waals surface area contributed by atoms with Crippen LogP contribution in [0.4, 0.5) is 13.2 Å². The molecule has 0 aliphatic heterocycles. The number of benzene rings is 1. The molecule has 0 spiro atoms. The molecule has 3 aromatic rings. The molecule has 9 heteroatoms. The maximum atomic E-state index is 13.4. The fraction of sp³-hybridized carbons (Fsp3) is 0.250. The van der Waals surface area contributed by atoms with Gasteiger partial charge in [0.05, 0.1) is 18.0 Å². The second kappa shape index (κ2) is 8.24. The Balaban J connectivity index is 1.72. The predicted octanol–water partition coefficient (Wildman–Crippen LogP) is 4.44. The molecule has 0 aliphatic carbocycles. The first-order valence-corrected chi connectivity index (χ1v) is 8.98. The van der Waals surface area contributed by atoms with Crippen LogP contribution in [0.2, 0.25) is 5.02 Å². The highest BCUT2D eigenvalue weighted by molar-refractivity contribution is 6.30. The molecule has 1 unspecified atom stereocenters. The van der Waals surface area contributed by atoms with Crippen LogP contribution >= 0.6 is 11.6 Å². The van der Waals surface area contributed by atoms with Gasteiger partial charge in [0.25, 0.3) is 5.56 Å². The summed E-state index contributed by atoms with van der Waals surface area (Å²) >= 11 is 5.71. The van der Waals surface area contributed by atoms with Crippen molar-refractivity contribution < 1.29 is 22.7 Å². The van der Waals surface area contributed by atoms with Crippen LogP contribution in [-0.2, 0) is 16.1 Å². The number of hydrogen-bond donors (Lipinski definition) is 0. The zero-order valence-electron chi connectivity index (χ0n) is 15.2. The van der Waals surface area contributed by atoms with Gasteiger partial charge in [0.15, 0.2) is 0 Å². The maximum Gasteiger partial charge on any atom is 0.396 e. The van der Waals surface area contributed by atoms with Gasteiger partial charge in [0.2, 0.25) is 0 Å². The quantitative estimate of drug-likeness (QED) is 0.568. The molecular weight excluding hydrogens is 409 g/mol. The third-order valence-electron chi connectivity index (χ3n) is 4.28. The Morgan fingerprint density at radius 2 is 1.90 bits per heavy atom. The molecule has 152 valence electrons. The Labute approximate surface area is 168 Å². The fourth-order valence-electron chi connectivity index (χ4n) is 2.83. The normalized spacial score (nSPS) is 12.7.